The summed E-state index contributed by atoms with van der Waals surface area (Å²) in [4.78, 5) is 37.4. The molecule has 8 nitrogen and oxygen atoms in total. The van der Waals surface area contributed by atoms with Crippen molar-refractivity contribution < 1.29 is 4.79 Å². The molecule has 0 unspecified atom stereocenters. The molecule has 0 aliphatic heterocycles. The van der Waals surface area contributed by atoms with Crippen LogP contribution < -0.4 is 11.3 Å². The summed E-state index contributed by atoms with van der Waals surface area (Å²) < 4.78 is 3.37. The van der Waals surface area contributed by atoms with Crippen LogP contribution >= 0.6 is 11.8 Å². The quantitative estimate of drug-likeness (QED) is 0.533. The van der Waals surface area contributed by atoms with Crippen LogP contribution in [0, 0.1) is 6.92 Å². The smallest absolute Gasteiger partial charge is 0.256 e. The molecule has 0 spiro atoms. The van der Waals surface area contributed by atoms with Gasteiger partial charge in [0, 0.05) is 36.5 Å². The first-order chi connectivity index (χ1) is 13.4. The summed E-state index contributed by atoms with van der Waals surface area (Å²) in [5.74, 6) is -0.524. The van der Waals surface area contributed by atoms with Gasteiger partial charge in [-0.2, -0.15) is 0 Å². The van der Waals surface area contributed by atoms with Crippen LogP contribution in [0.3, 0.4) is 0 Å². The number of nitrogens with two attached hydrogens (primary N) is 1. The van der Waals surface area contributed by atoms with Crippen LogP contribution in [-0.4, -0.2) is 30.0 Å². The summed E-state index contributed by atoms with van der Waals surface area (Å²) >= 11 is 1.32. The van der Waals surface area contributed by atoms with Crippen LogP contribution in [0.4, 0.5) is 0 Å². The zero-order valence-corrected chi connectivity index (χ0v) is 16.0. The fourth-order valence-corrected chi connectivity index (χ4v) is 3.64. The molecule has 9 heteroatoms. The van der Waals surface area contributed by atoms with Crippen LogP contribution in [0.25, 0.3) is 16.7 Å². The van der Waals surface area contributed by atoms with Crippen molar-refractivity contribution in [1.82, 2.24) is 24.1 Å². The summed E-state index contributed by atoms with van der Waals surface area (Å²) in [6.07, 6.45) is 3.54. The molecule has 0 atom stereocenters. The van der Waals surface area contributed by atoms with Crippen molar-refractivity contribution in [2.75, 3.05) is 0 Å². The Kier molecular flexibility index (Phi) is 4.44. The van der Waals surface area contributed by atoms with E-state index in [-0.39, 0.29) is 5.56 Å². The van der Waals surface area contributed by atoms with E-state index in [1.54, 1.807) is 36.5 Å². The standard InChI is InChI=1S/C19H16N6O2S/c1-11-14-7-8-15(26)25(13-5-3-12(4-6-13)16(20)27)17(14)23-18(22-11)28-19-21-9-10-24(19)2/h3-10H,1-2H3,(H2,20,27). The van der Waals surface area contributed by atoms with Gasteiger partial charge in [-0.25, -0.2) is 15.0 Å². The molecule has 4 aromatic rings. The van der Waals surface area contributed by atoms with Gasteiger partial charge in [-0.1, -0.05) is 0 Å². The molecule has 0 aliphatic carbocycles. The summed E-state index contributed by atoms with van der Waals surface area (Å²) in [5, 5.41) is 2.00. The summed E-state index contributed by atoms with van der Waals surface area (Å²) in [5.41, 5.74) is 7.27. The van der Waals surface area contributed by atoms with Gasteiger partial charge in [-0.3, -0.25) is 14.2 Å². The van der Waals surface area contributed by atoms with Crippen molar-refractivity contribution in [1.29, 1.82) is 0 Å². The number of hydrogen-bond acceptors (Lipinski definition) is 6. The highest BCUT2D eigenvalue weighted by Crippen LogP contribution is 2.26. The first-order valence-corrected chi connectivity index (χ1v) is 9.21. The minimum atomic E-state index is -0.524. The Hall–Kier alpha value is -3.46. The van der Waals surface area contributed by atoms with E-state index in [9.17, 15) is 9.59 Å². The van der Waals surface area contributed by atoms with Crippen molar-refractivity contribution >= 4 is 28.7 Å². The number of primary amides is 1. The first-order valence-electron chi connectivity index (χ1n) is 8.40. The number of imidazole rings is 1. The maximum Gasteiger partial charge on any atom is 0.256 e. The number of rotatable bonds is 4. The Morgan fingerprint density at radius 3 is 2.50 bits per heavy atom. The molecule has 3 aromatic heterocycles. The van der Waals surface area contributed by atoms with E-state index in [1.807, 2.05) is 24.7 Å². The van der Waals surface area contributed by atoms with Gasteiger partial charge in [0.2, 0.25) is 5.91 Å². The van der Waals surface area contributed by atoms with Crippen molar-refractivity contribution in [3.05, 3.63) is 70.4 Å². The number of carbonyl (C=O) groups is 1. The number of nitrogens with zero attached hydrogens (tertiary/aromatic N) is 5. The lowest BCUT2D eigenvalue weighted by atomic mass is 10.2. The third-order valence-electron chi connectivity index (χ3n) is 4.29. The molecule has 2 N–H and O–H groups in total. The second-order valence-corrected chi connectivity index (χ2v) is 7.10. The van der Waals surface area contributed by atoms with E-state index in [4.69, 9.17) is 5.73 Å². The number of aromatic nitrogens is 5. The molecule has 0 saturated heterocycles. The SMILES string of the molecule is Cc1nc(Sc2nccn2C)nc2c1ccc(=O)n2-c1ccc(C(N)=O)cc1. The molecule has 0 radical (unpaired) electrons. The highest BCUT2D eigenvalue weighted by molar-refractivity contribution is 7.99. The number of carbonyl (C=O) groups excluding carboxylic acids is 1. The van der Waals surface area contributed by atoms with Crippen molar-refractivity contribution in [3.63, 3.8) is 0 Å². The van der Waals surface area contributed by atoms with Gasteiger partial charge in [0.05, 0.1) is 11.4 Å². The van der Waals surface area contributed by atoms with Gasteiger partial charge >= 0.3 is 0 Å². The predicted octanol–water partition coefficient (Wildman–Crippen LogP) is 2.07. The van der Waals surface area contributed by atoms with Crippen molar-refractivity contribution in [2.24, 2.45) is 12.8 Å². The largest absolute Gasteiger partial charge is 0.366 e. The molecule has 1 aromatic carbocycles. The van der Waals surface area contributed by atoms with Gasteiger partial charge in [0.25, 0.3) is 5.56 Å². The van der Waals surface area contributed by atoms with E-state index in [0.717, 1.165) is 16.2 Å². The molecule has 1 amide bonds. The maximum atomic E-state index is 12.6. The molecule has 0 fully saturated rings. The molecule has 3 heterocycles. The van der Waals surface area contributed by atoms with E-state index in [2.05, 4.69) is 15.0 Å². The van der Waals surface area contributed by atoms with Gasteiger partial charge < -0.3 is 10.3 Å². The number of hydrogen-bond donors (Lipinski definition) is 1. The summed E-state index contributed by atoms with van der Waals surface area (Å²) in [6, 6.07) is 9.71. The number of fused-ring (bicyclic) bond motifs is 1. The van der Waals surface area contributed by atoms with Crippen LogP contribution in [0.15, 0.2) is 63.9 Å². The van der Waals surface area contributed by atoms with Crippen molar-refractivity contribution in [2.45, 2.75) is 17.2 Å². The minimum absolute atomic E-state index is 0.231. The zero-order chi connectivity index (χ0) is 19.8. The number of pyridine rings is 1. The Morgan fingerprint density at radius 2 is 1.86 bits per heavy atom. The second-order valence-electron chi connectivity index (χ2n) is 6.17. The minimum Gasteiger partial charge on any atom is -0.366 e. The fraction of sp³-hybridized carbons (Fsp3) is 0.105. The van der Waals surface area contributed by atoms with Gasteiger partial charge in [0.1, 0.15) is 0 Å². The second kappa shape index (κ2) is 6.93. The molecule has 140 valence electrons. The predicted molar refractivity (Wildman–Crippen MR) is 106 cm³/mol. The average Bonchev–Trinajstić information content (AvgIpc) is 3.06. The topological polar surface area (TPSA) is 109 Å². The van der Waals surface area contributed by atoms with Crippen molar-refractivity contribution in [3.8, 4) is 5.69 Å². The molecule has 0 bridgehead atoms. The Morgan fingerprint density at radius 1 is 1.11 bits per heavy atom. The molecular weight excluding hydrogens is 376 g/mol. The molecule has 0 aliphatic rings. The van der Waals surface area contributed by atoms with E-state index in [1.165, 1.54) is 22.4 Å². The van der Waals surface area contributed by atoms with E-state index >= 15 is 0 Å². The van der Waals surface area contributed by atoms with Gasteiger partial charge in [0.15, 0.2) is 16.0 Å². The lowest BCUT2D eigenvalue weighted by Gasteiger charge is -2.12. The third kappa shape index (κ3) is 3.16. The summed E-state index contributed by atoms with van der Waals surface area (Å²) in [7, 11) is 1.89. The van der Waals surface area contributed by atoms with E-state index in [0.29, 0.717) is 22.1 Å². The molecule has 4 rings (SSSR count). The Bertz CT molecular complexity index is 1260. The monoisotopic (exact) mass is 392 g/mol. The van der Waals surface area contributed by atoms with Crippen LogP contribution in [0.5, 0.6) is 0 Å². The summed E-state index contributed by atoms with van der Waals surface area (Å²) in [6.45, 7) is 1.87. The maximum absolute atomic E-state index is 12.6. The number of benzene rings is 1. The van der Waals surface area contributed by atoms with Crippen LogP contribution in [0.1, 0.15) is 16.1 Å². The Labute approximate surface area is 164 Å². The third-order valence-corrected chi connectivity index (χ3v) is 5.23. The van der Waals surface area contributed by atoms with Gasteiger partial charge in [-0.05, 0) is 49.0 Å². The number of aryl methyl sites for hydroxylation is 2. The fourth-order valence-electron chi connectivity index (χ4n) is 2.84. The molecule has 28 heavy (non-hydrogen) atoms. The number of amides is 1. The lowest BCUT2D eigenvalue weighted by molar-refractivity contribution is 0.100. The highest BCUT2D eigenvalue weighted by Gasteiger charge is 2.14. The van der Waals surface area contributed by atoms with Crippen LogP contribution in [0.2, 0.25) is 0 Å². The molecule has 0 saturated carbocycles. The zero-order valence-electron chi connectivity index (χ0n) is 15.2. The molecular formula is C19H16N6O2S. The highest BCUT2D eigenvalue weighted by atomic mass is 32.2. The Balaban J connectivity index is 1.90. The van der Waals surface area contributed by atoms with E-state index < -0.39 is 5.91 Å². The lowest BCUT2D eigenvalue weighted by Crippen LogP contribution is -2.19. The van der Waals surface area contributed by atoms with Gasteiger partial charge in [-0.15, -0.1) is 0 Å². The normalized spacial score (nSPS) is 11.1. The first kappa shape index (κ1) is 17.9. The average molecular weight is 392 g/mol. The van der Waals surface area contributed by atoms with Crippen LogP contribution in [-0.2, 0) is 7.05 Å².